The molecule has 9 aromatic carbocycles. The number of anilines is 4. The minimum absolute atomic E-state index is 0.0790. The van der Waals surface area contributed by atoms with Crippen molar-refractivity contribution in [3.05, 3.63) is 232 Å². The molecule has 0 saturated heterocycles. The number of nitrogens with zero attached hydrogens (tertiary/aromatic N) is 5. The predicted octanol–water partition coefficient (Wildman–Crippen LogP) is 19.5. The second-order valence-electron chi connectivity index (χ2n) is 27.2. The molecule has 3 aliphatic rings. The summed E-state index contributed by atoms with van der Waals surface area (Å²) in [6, 6.07) is 76.3. The standard InChI is InChI=1S/C76H70BN5O.Pt/c1-73(2,3)50-41-49(42-51(43-50)74(4,5)6)61-45-52(75(7,8)9)44-60(48-25-14-13-15-26-48)71(61)80-47-79(64-33-20-21-34-65(64)80)53-37-38-56(54-27-16-18-31-62(54)76(10,11)12)68(46-53)83-69-40-39-59-58-30-24-29-57-55-28-17-19-32-63(55)81-66-35-22-23-36-67(66)82(72(59)78-69)77(81)70(57)58;/h13-46H,1-12H3;. The van der Waals surface area contributed by atoms with Crippen molar-refractivity contribution in [2.24, 2.45) is 0 Å². The summed E-state index contributed by atoms with van der Waals surface area (Å²) in [6.07, 6.45) is 0. The SMILES string of the molecule is CC(C)(C)c1cc(-c2cc(C(C)(C)C)cc(-c3ccccc3)c2-n2[c](=[Pt])n(-c3ccc(-c4ccccc4C(C)(C)C)c(Oc4ccc5c(n4)N4B6c7c(cccc7-5)-c5ccccc5N6c5ccccc54)c3)c3ccccc32)cc(C(C)(C)C)c1. The zero-order valence-corrected chi connectivity index (χ0v) is 52.4. The Morgan fingerprint density at radius 1 is 0.393 bits per heavy atom. The van der Waals surface area contributed by atoms with Gasteiger partial charge in [-0.2, -0.15) is 0 Å². The van der Waals surface area contributed by atoms with Gasteiger partial charge in [0.2, 0.25) is 0 Å². The molecular formula is C76H70BN5OPt. The molecule has 2 aromatic heterocycles. The van der Waals surface area contributed by atoms with Crippen LogP contribution in [0.1, 0.15) is 105 Å². The van der Waals surface area contributed by atoms with Crippen LogP contribution < -0.4 is 19.8 Å². The number of fused-ring (bicyclic) bond motifs is 10. The number of hydrogen-bond acceptors (Lipinski definition) is 4. The van der Waals surface area contributed by atoms with Gasteiger partial charge in [-0.1, -0.05) is 42.5 Å². The Hall–Kier alpha value is -8.25. The topological polar surface area (TPSA) is 38.5 Å². The summed E-state index contributed by atoms with van der Waals surface area (Å²) in [6.45, 7) is 27.8. The van der Waals surface area contributed by atoms with Crippen molar-refractivity contribution in [3.8, 4) is 78.6 Å². The summed E-state index contributed by atoms with van der Waals surface area (Å²) >= 11 is 2.59. The molecule has 3 aliphatic heterocycles. The van der Waals surface area contributed by atoms with Gasteiger partial charge in [-0.25, -0.2) is 0 Å². The fourth-order valence-electron chi connectivity index (χ4n) is 13.1. The van der Waals surface area contributed by atoms with Crippen LogP contribution in [-0.4, -0.2) is 21.1 Å². The van der Waals surface area contributed by atoms with E-state index < -0.39 is 0 Å². The normalized spacial score (nSPS) is 13.5. The zero-order chi connectivity index (χ0) is 58.4. The molecule has 0 bridgehead atoms. The first-order valence-corrected chi connectivity index (χ1v) is 30.7. The number of imidazole rings is 1. The zero-order valence-electron chi connectivity index (χ0n) is 50.2. The van der Waals surface area contributed by atoms with Crippen LogP contribution >= 0.6 is 0 Å². The molecule has 0 N–H and O–H groups in total. The average Bonchev–Trinajstić information content (AvgIpc) is 1.51. The number of hydrogen-bond donors (Lipinski definition) is 0. The van der Waals surface area contributed by atoms with E-state index in [0.29, 0.717) is 5.88 Å². The Kier molecular flexibility index (Phi) is 12.4. The van der Waals surface area contributed by atoms with Crippen molar-refractivity contribution in [1.29, 1.82) is 0 Å². The molecule has 0 unspecified atom stereocenters. The second-order valence-corrected chi connectivity index (χ2v) is 28.2. The van der Waals surface area contributed by atoms with Gasteiger partial charge in [0, 0.05) is 11.3 Å². The maximum absolute atomic E-state index is 7.45. The fraction of sp³-hybridized carbons (Fsp3) is 0.211. The van der Waals surface area contributed by atoms with Crippen LogP contribution in [0.3, 0.4) is 0 Å². The van der Waals surface area contributed by atoms with Crippen LogP contribution in [0.15, 0.2) is 206 Å². The predicted molar refractivity (Wildman–Crippen MR) is 348 cm³/mol. The number of pyridine rings is 1. The first kappa shape index (κ1) is 53.7. The molecule has 0 spiro atoms. The summed E-state index contributed by atoms with van der Waals surface area (Å²) in [5.41, 5.74) is 25.5. The van der Waals surface area contributed by atoms with E-state index >= 15 is 0 Å². The Labute approximate surface area is 506 Å². The number of rotatable bonds is 7. The van der Waals surface area contributed by atoms with Gasteiger partial charge in [-0.05, 0) is 17.7 Å². The molecule has 0 saturated carbocycles. The quantitative estimate of drug-likeness (QED) is 0.149. The number of aromatic nitrogens is 3. The minimum atomic E-state index is -0.148. The van der Waals surface area contributed by atoms with Crippen LogP contribution in [0, 0.1) is 3.80 Å². The van der Waals surface area contributed by atoms with Gasteiger partial charge in [-0.3, -0.25) is 0 Å². The van der Waals surface area contributed by atoms with E-state index in [9.17, 15) is 0 Å². The van der Waals surface area contributed by atoms with Crippen LogP contribution in [0.4, 0.5) is 22.9 Å². The summed E-state index contributed by atoms with van der Waals surface area (Å²) < 4.78 is 13.4. The van der Waals surface area contributed by atoms with E-state index in [1.165, 1.54) is 72.3 Å². The molecule has 11 aromatic rings. The van der Waals surface area contributed by atoms with Crippen molar-refractivity contribution in [2.75, 3.05) is 9.62 Å². The molecule has 8 heteroatoms. The molecule has 0 radical (unpaired) electrons. The van der Waals surface area contributed by atoms with Gasteiger partial charge >= 0.3 is 438 Å². The second kappa shape index (κ2) is 19.4. The van der Waals surface area contributed by atoms with E-state index in [-0.39, 0.29) is 28.6 Å². The Morgan fingerprint density at radius 2 is 0.917 bits per heavy atom. The van der Waals surface area contributed by atoms with Gasteiger partial charge in [0.25, 0.3) is 0 Å². The van der Waals surface area contributed by atoms with Crippen molar-refractivity contribution >= 4 is 46.4 Å². The third-order valence-electron chi connectivity index (χ3n) is 17.5. The first-order chi connectivity index (χ1) is 40.1. The average molecular weight is 1280 g/mol. The van der Waals surface area contributed by atoms with Crippen LogP contribution in [-0.2, 0) is 41.0 Å². The summed E-state index contributed by atoms with van der Waals surface area (Å²) in [4.78, 5) is 10.6. The van der Waals surface area contributed by atoms with E-state index in [0.717, 1.165) is 65.8 Å². The van der Waals surface area contributed by atoms with Crippen LogP contribution in [0.25, 0.3) is 78.0 Å². The number of para-hydroxylation sites is 5. The Bertz CT molecular complexity index is 4530. The van der Waals surface area contributed by atoms with Gasteiger partial charge < -0.3 is 0 Å². The van der Waals surface area contributed by atoms with Crippen molar-refractivity contribution in [1.82, 2.24) is 14.1 Å². The number of benzene rings is 9. The molecule has 0 atom stereocenters. The summed E-state index contributed by atoms with van der Waals surface area (Å²) in [5.74, 6) is 2.12. The van der Waals surface area contributed by atoms with Gasteiger partial charge in [-0.15, -0.1) is 0 Å². The number of ether oxygens (including phenoxy) is 1. The molecule has 0 amide bonds. The van der Waals surface area contributed by atoms with Crippen molar-refractivity contribution in [2.45, 2.75) is 105 Å². The van der Waals surface area contributed by atoms with E-state index in [2.05, 4.69) is 327 Å². The molecule has 0 aliphatic carbocycles. The van der Waals surface area contributed by atoms with Crippen molar-refractivity contribution in [3.63, 3.8) is 0 Å². The molecule has 5 heterocycles. The fourth-order valence-corrected chi connectivity index (χ4v) is 14.2. The van der Waals surface area contributed by atoms with Gasteiger partial charge in [0.15, 0.2) is 0 Å². The van der Waals surface area contributed by atoms with Gasteiger partial charge in [0.05, 0.1) is 0 Å². The van der Waals surface area contributed by atoms with E-state index in [1.54, 1.807) is 0 Å². The van der Waals surface area contributed by atoms with Crippen LogP contribution in [0.2, 0.25) is 0 Å². The Balaban J connectivity index is 0.998. The molecular weight excluding hydrogens is 1200 g/mol. The third kappa shape index (κ3) is 8.71. The maximum atomic E-state index is 7.45. The third-order valence-corrected chi connectivity index (χ3v) is 18.5. The summed E-state index contributed by atoms with van der Waals surface area (Å²) in [7, 11) is 0. The molecule has 0 fully saturated rings. The van der Waals surface area contributed by atoms with Crippen molar-refractivity contribution < 1.29 is 24.1 Å². The van der Waals surface area contributed by atoms with E-state index in [4.69, 9.17) is 9.72 Å². The molecule has 6 nitrogen and oxygen atoms in total. The Morgan fingerprint density at radius 3 is 1.57 bits per heavy atom. The first-order valence-electron chi connectivity index (χ1n) is 29.6. The summed E-state index contributed by atoms with van der Waals surface area (Å²) in [5, 5.41) is 0. The van der Waals surface area contributed by atoms with Crippen LogP contribution in [0.5, 0.6) is 11.6 Å². The van der Waals surface area contributed by atoms with Gasteiger partial charge in [0.1, 0.15) is 0 Å². The monoisotopic (exact) mass is 1270 g/mol. The molecule has 14 rings (SSSR count). The molecule has 418 valence electrons. The molecule has 84 heavy (non-hydrogen) atoms. The van der Waals surface area contributed by atoms with E-state index in [1.807, 2.05) is 0 Å².